The lowest BCUT2D eigenvalue weighted by Crippen LogP contribution is -2.52. The molecular formula is C13H17N3O3. The molecule has 1 atom stereocenters. The lowest BCUT2D eigenvalue weighted by Gasteiger charge is -2.28. The van der Waals surface area contributed by atoms with Gasteiger partial charge >= 0.3 is 0 Å². The molecule has 0 saturated carbocycles. The first-order valence-corrected chi connectivity index (χ1v) is 6.10. The van der Waals surface area contributed by atoms with E-state index >= 15 is 0 Å². The summed E-state index contributed by atoms with van der Waals surface area (Å²) in [5, 5.41) is 3.81. The van der Waals surface area contributed by atoms with Gasteiger partial charge in [0, 0.05) is 5.69 Å². The van der Waals surface area contributed by atoms with E-state index in [1.165, 1.54) is 0 Å². The Labute approximate surface area is 111 Å². The third-order valence-corrected chi connectivity index (χ3v) is 2.92. The third-order valence-electron chi connectivity index (χ3n) is 2.92. The molecule has 1 aliphatic heterocycles. The second-order valence-corrected chi connectivity index (χ2v) is 4.51. The van der Waals surface area contributed by atoms with Crippen LogP contribution in [0.1, 0.15) is 12.0 Å². The van der Waals surface area contributed by atoms with E-state index < -0.39 is 6.10 Å². The number of aryl methyl sites for hydroxylation is 1. The van der Waals surface area contributed by atoms with E-state index in [2.05, 4.69) is 5.32 Å². The number of nitrogens with one attached hydrogen (secondary N) is 1. The Balaban J connectivity index is 1.90. The Bertz CT molecular complexity index is 473. The normalized spacial score (nSPS) is 19.4. The fourth-order valence-corrected chi connectivity index (χ4v) is 1.82. The molecule has 1 aromatic rings. The maximum atomic E-state index is 11.8. The molecule has 2 amide bonds. The zero-order valence-electron chi connectivity index (χ0n) is 10.8. The van der Waals surface area contributed by atoms with Crippen molar-refractivity contribution in [3.8, 4) is 0 Å². The zero-order valence-corrected chi connectivity index (χ0v) is 10.8. The fraction of sp³-hybridized carbons (Fsp3) is 0.385. The van der Waals surface area contributed by atoms with Crippen molar-refractivity contribution >= 4 is 17.5 Å². The largest absolute Gasteiger partial charge is 0.366 e. The number of nitrogens with zero attached hydrogens (tertiary/aromatic N) is 1. The second-order valence-electron chi connectivity index (χ2n) is 4.51. The molecule has 0 spiro atoms. The number of rotatable bonds is 3. The highest BCUT2D eigenvalue weighted by molar-refractivity contribution is 5.95. The summed E-state index contributed by atoms with van der Waals surface area (Å²) in [6.45, 7) is 2.68. The molecule has 19 heavy (non-hydrogen) atoms. The first-order chi connectivity index (χ1) is 9.06. The average molecular weight is 263 g/mol. The molecule has 6 heteroatoms. The highest BCUT2D eigenvalue weighted by atomic mass is 16.5. The number of morpholine rings is 1. The van der Waals surface area contributed by atoms with Gasteiger partial charge in [0.05, 0.1) is 19.6 Å². The minimum atomic E-state index is -0.788. The number of anilines is 1. The van der Waals surface area contributed by atoms with Crippen LogP contribution in [-0.2, 0) is 14.3 Å². The van der Waals surface area contributed by atoms with Crippen LogP contribution in [0, 0.1) is 6.92 Å². The van der Waals surface area contributed by atoms with Gasteiger partial charge in [0.25, 0.3) is 5.91 Å². The number of hydrogen-bond acceptors (Lipinski definition) is 4. The van der Waals surface area contributed by atoms with E-state index in [9.17, 15) is 9.59 Å². The van der Waals surface area contributed by atoms with Crippen molar-refractivity contribution < 1.29 is 14.3 Å². The predicted molar refractivity (Wildman–Crippen MR) is 70.1 cm³/mol. The molecule has 1 unspecified atom stereocenters. The van der Waals surface area contributed by atoms with Crippen LogP contribution in [0.15, 0.2) is 24.3 Å². The highest BCUT2D eigenvalue weighted by Gasteiger charge is 2.29. The van der Waals surface area contributed by atoms with E-state index in [1.54, 1.807) is 0 Å². The molecule has 0 radical (unpaired) electrons. The van der Waals surface area contributed by atoms with Gasteiger partial charge in [-0.3, -0.25) is 14.6 Å². The quantitative estimate of drug-likeness (QED) is 0.611. The number of nitrogens with two attached hydrogens (primary N) is 1. The highest BCUT2D eigenvalue weighted by Crippen LogP contribution is 2.12. The van der Waals surface area contributed by atoms with E-state index in [1.807, 2.05) is 31.2 Å². The van der Waals surface area contributed by atoms with Crippen LogP contribution in [0.4, 0.5) is 5.69 Å². The summed E-state index contributed by atoms with van der Waals surface area (Å²) in [5.41, 5.74) is 1.81. The van der Waals surface area contributed by atoms with E-state index in [0.717, 1.165) is 10.6 Å². The number of hydrogen-bond donors (Lipinski definition) is 2. The molecule has 1 aromatic carbocycles. The first kappa shape index (κ1) is 13.5. The van der Waals surface area contributed by atoms with Crippen LogP contribution >= 0.6 is 0 Å². The lowest BCUT2D eigenvalue weighted by molar-refractivity contribution is -0.155. The van der Waals surface area contributed by atoms with E-state index in [4.69, 9.17) is 10.6 Å². The van der Waals surface area contributed by atoms with E-state index in [0.29, 0.717) is 18.8 Å². The maximum absolute atomic E-state index is 11.8. The van der Waals surface area contributed by atoms with Gasteiger partial charge in [0.15, 0.2) is 0 Å². The molecule has 0 aliphatic carbocycles. The molecule has 1 heterocycles. The van der Waals surface area contributed by atoms with Crippen LogP contribution in [0.2, 0.25) is 0 Å². The molecule has 0 bridgehead atoms. The SMILES string of the molecule is Cc1ccc(NC(=O)CC2OCCN(N)C2=O)cc1. The van der Waals surface area contributed by atoms with Crippen LogP contribution in [0.25, 0.3) is 0 Å². The second kappa shape index (κ2) is 5.81. The number of amides is 2. The van der Waals surface area contributed by atoms with Crippen molar-refractivity contribution in [1.82, 2.24) is 5.01 Å². The van der Waals surface area contributed by atoms with Crippen molar-refractivity contribution in [2.45, 2.75) is 19.4 Å². The van der Waals surface area contributed by atoms with Crippen molar-refractivity contribution in [2.24, 2.45) is 5.84 Å². The Morgan fingerprint density at radius 3 is 2.84 bits per heavy atom. The van der Waals surface area contributed by atoms with Crippen LogP contribution < -0.4 is 11.2 Å². The monoisotopic (exact) mass is 263 g/mol. The topological polar surface area (TPSA) is 84.7 Å². The summed E-state index contributed by atoms with van der Waals surface area (Å²) >= 11 is 0. The van der Waals surface area contributed by atoms with Crippen molar-refractivity contribution in [2.75, 3.05) is 18.5 Å². The number of hydrazine groups is 1. The Hall–Kier alpha value is -1.92. The van der Waals surface area contributed by atoms with Gasteiger partial charge in [-0.25, -0.2) is 5.84 Å². The number of carbonyl (C=O) groups is 2. The van der Waals surface area contributed by atoms with Crippen LogP contribution in [0.5, 0.6) is 0 Å². The summed E-state index contributed by atoms with van der Waals surface area (Å²) < 4.78 is 5.26. The molecule has 3 N–H and O–H groups in total. The van der Waals surface area contributed by atoms with Gasteiger partial charge in [-0.15, -0.1) is 0 Å². The number of ether oxygens (including phenoxy) is 1. The van der Waals surface area contributed by atoms with Gasteiger partial charge in [0.1, 0.15) is 6.10 Å². The first-order valence-electron chi connectivity index (χ1n) is 6.10. The number of benzene rings is 1. The van der Waals surface area contributed by atoms with Crippen molar-refractivity contribution in [3.05, 3.63) is 29.8 Å². The lowest BCUT2D eigenvalue weighted by atomic mass is 10.2. The summed E-state index contributed by atoms with van der Waals surface area (Å²) in [6.07, 6.45) is -0.815. The molecule has 6 nitrogen and oxygen atoms in total. The average Bonchev–Trinajstić information content (AvgIpc) is 2.38. The fourth-order valence-electron chi connectivity index (χ4n) is 1.82. The standard InChI is InChI=1S/C13H17N3O3/c1-9-2-4-10(5-3-9)15-12(17)8-11-13(18)16(14)6-7-19-11/h2-5,11H,6-8,14H2,1H3,(H,15,17). The summed E-state index contributed by atoms with van der Waals surface area (Å²) in [7, 11) is 0. The van der Waals surface area contributed by atoms with Gasteiger partial charge in [-0.1, -0.05) is 17.7 Å². The minimum Gasteiger partial charge on any atom is -0.366 e. The maximum Gasteiger partial charge on any atom is 0.266 e. The molecule has 1 aliphatic rings. The smallest absolute Gasteiger partial charge is 0.266 e. The third kappa shape index (κ3) is 3.52. The molecule has 1 saturated heterocycles. The Morgan fingerprint density at radius 1 is 1.47 bits per heavy atom. The van der Waals surface area contributed by atoms with E-state index in [-0.39, 0.29) is 18.2 Å². The minimum absolute atomic E-state index is 0.0274. The molecule has 1 fully saturated rings. The Morgan fingerprint density at radius 2 is 2.16 bits per heavy atom. The molecule has 0 aromatic heterocycles. The van der Waals surface area contributed by atoms with Crippen LogP contribution in [0.3, 0.4) is 0 Å². The van der Waals surface area contributed by atoms with Gasteiger partial charge in [0.2, 0.25) is 5.91 Å². The van der Waals surface area contributed by atoms with Gasteiger partial charge < -0.3 is 10.1 Å². The Kier molecular flexibility index (Phi) is 4.13. The number of carbonyl (C=O) groups excluding carboxylic acids is 2. The summed E-state index contributed by atoms with van der Waals surface area (Å²) in [4.78, 5) is 23.5. The predicted octanol–water partition coefficient (Wildman–Crippen LogP) is 0.425. The molecule has 2 rings (SSSR count). The molecular weight excluding hydrogens is 246 g/mol. The molecule has 102 valence electrons. The van der Waals surface area contributed by atoms with Crippen molar-refractivity contribution in [3.63, 3.8) is 0 Å². The zero-order chi connectivity index (χ0) is 13.8. The summed E-state index contributed by atoms with van der Waals surface area (Å²) in [5.74, 6) is 4.86. The van der Waals surface area contributed by atoms with Crippen molar-refractivity contribution in [1.29, 1.82) is 0 Å². The van der Waals surface area contributed by atoms with Gasteiger partial charge in [-0.05, 0) is 19.1 Å². The van der Waals surface area contributed by atoms with Crippen LogP contribution in [-0.4, -0.2) is 36.1 Å². The summed E-state index contributed by atoms with van der Waals surface area (Å²) in [6, 6.07) is 7.43. The van der Waals surface area contributed by atoms with Gasteiger partial charge in [-0.2, -0.15) is 0 Å².